The fourth-order valence-electron chi connectivity index (χ4n) is 3.65. The fraction of sp³-hybridized carbons (Fsp3) is 0.294. The predicted octanol–water partition coefficient (Wildman–Crippen LogP) is 2.91. The molecule has 0 spiro atoms. The Kier molecular flexibility index (Phi) is 2.59. The lowest BCUT2D eigenvalue weighted by Gasteiger charge is -2.22. The molecule has 3 heteroatoms. The van der Waals surface area contributed by atoms with Crippen LogP contribution in [0, 0.1) is 11.8 Å². The lowest BCUT2D eigenvalue weighted by molar-refractivity contribution is 0.552. The number of nitrogens with zero attached hydrogens (tertiary/aromatic N) is 2. The van der Waals surface area contributed by atoms with E-state index in [0.29, 0.717) is 17.8 Å². The topological polar surface area (TPSA) is 34.9 Å². The van der Waals surface area contributed by atoms with Gasteiger partial charge in [-0.2, -0.15) is 0 Å². The zero-order valence-corrected chi connectivity index (χ0v) is 11.1. The third-order valence-electron chi connectivity index (χ3n) is 4.52. The number of allylic oxidation sites excluding steroid dienone is 2. The number of fused-ring (bicyclic) bond motifs is 2. The van der Waals surface area contributed by atoms with Crippen molar-refractivity contribution in [2.24, 2.45) is 11.8 Å². The molecule has 3 atom stereocenters. The van der Waals surface area contributed by atoms with E-state index >= 15 is 0 Å². The summed E-state index contributed by atoms with van der Waals surface area (Å²) >= 11 is 0. The predicted molar refractivity (Wildman–Crippen MR) is 77.9 cm³/mol. The smallest absolute Gasteiger partial charge is 0.256 e. The van der Waals surface area contributed by atoms with Crippen molar-refractivity contribution in [2.45, 2.75) is 18.8 Å². The summed E-state index contributed by atoms with van der Waals surface area (Å²) in [6.45, 7) is 0. The lowest BCUT2D eigenvalue weighted by Crippen LogP contribution is -2.24. The Hall–Kier alpha value is -2.16. The van der Waals surface area contributed by atoms with Crippen LogP contribution in [0.4, 0.5) is 0 Å². The van der Waals surface area contributed by atoms with Gasteiger partial charge in [-0.05, 0) is 42.9 Å². The minimum Gasteiger partial charge on any atom is -0.269 e. The molecule has 100 valence electrons. The third-order valence-corrected chi connectivity index (χ3v) is 4.52. The summed E-state index contributed by atoms with van der Waals surface area (Å²) in [5.41, 5.74) is 1.11. The van der Waals surface area contributed by atoms with Gasteiger partial charge in [-0.3, -0.25) is 9.36 Å². The summed E-state index contributed by atoms with van der Waals surface area (Å²) in [5.74, 6) is 2.44. The van der Waals surface area contributed by atoms with Crippen molar-refractivity contribution >= 4 is 0 Å². The highest BCUT2D eigenvalue weighted by molar-refractivity contribution is 5.31. The van der Waals surface area contributed by atoms with Crippen LogP contribution in [0.1, 0.15) is 24.5 Å². The summed E-state index contributed by atoms with van der Waals surface area (Å²) < 4.78 is 1.78. The first kappa shape index (κ1) is 11.6. The Bertz CT molecular complexity index is 717. The number of hydrogen-bond acceptors (Lipinski definition) is 2. The number of aromatic nitrogens is 2. The van der Waals surface area contributed by atoms with Crippen molar-refractivity contribution in [3.05, 3.63) is 70.8 Å². The standard InChI is InChI=1S/C17H16N2O/c20-17-6-3-4-15(14-11-12-7-8-13(14)10-12)19(17)16-5-1-2-9-18-16/h1-9,12-14H,10-11H2/t12-,13+,14+/m1/s1. The highest BCUT2D eigenvalue weighted by atomic mass is 16.1. The molecule has 0 saturated heterocycles. The molecule has 2 aliphatic carbocycles. The second-order valence-corrected chi connectivity index (χ2v) is 5.70. The molecule has 3 nitrogen and oxygen atoms in total. The molecule has 0 aromatic carbocycles. The molecule has 2 aromatic heterocycles. The van der Waals surface area contributed by atoms with E-state index in [1.54, 1.807) is 16.8 Å². The monoisotopic (exact) mass is 264 g/mol. The van der Waals surface area contributed by atoms with Crippen LogP contribution in [-0.4, -0.2) is 9.55 Å². The van der Waals surface area contributed by atoms with Crippen molar-refractivity contribution in [3.8, 4) is 5.82 Å². The average Bonchev–Trinajstić information content (AvgIpc) is 3.10. The van der Waals surface area contributed by atoms with Crippen molar-refractivity contribution in [1.82, 2.24) is 9.55 Å². The van der Waals surface area contributed by atoms with Gasteiger partial charge in [0.1, 0.15) is 5.82 Å². The zero-order valence-electron chi connectivity index (χ0n) is 11.1. The summed E-state index contributed by atoms with van der Waals surface area (Å²) in [5, 5.41) is 0. The molecular formula is C17H16N2O. The summed E-state index contributed by atoms with van der Waals surface area (Å²) in [6.07, 6.45) is 8.76. The SMILES string of the molecule is O=c1cccc([C@H]2C[C@@H]3C=C[C@H]2C3)n1-c1ccccn1. The molecule has 2 bridgehead atoms. The van der Waals surface area contributed by atoms with Crippen molar-refractivity contribution in [3.63, 3.8) is 0 Å². The second-order valence-electron chi connectivity index (χ2n) is 5.70. The van der Waals surface area contributed by atoms with Gasteiger partial charge < -0.3 is 0 Å². The molecule has 0 unspecified atom stereocenters. The Labute approximate surface area is 117 Å². The maximum absolute atomic E-state index is 12.3. The maximum atomic E-state index is 12.3. The Morgan fingerprint density at radius 1 is 1.05 bits per heavy atom. The van der Waals surface area contributed by atoms with E-state index in [4.69, 9.17) is 0 Å². The highest BCUT2D eigenvalue weighted by Gasteiger charge is 2.37. The van der Waals surface area contributed by atoms with E-state index in [1.807, 2.05) is 24.3 Å². The lowest BCUT2D eigenvalue weighted by atomic mass is 9.90. The van der Waals surface area contributed by atoms with Crippen LogP contribution in [0.25, 0.3) is 5.82 Å². The van der Waals surface area contributed by atoms with E-state index < -0.39 is 0 Å². The van der Waals surface area contributed by atoms with Crippen LogP contribution in [0.5, 0.6) is 0 Å². The molecule has 0 radical (unpaired) electrons. The molecule has 2 aromatic rings. The van der Waals surface area contributed by atoms with Crippen LogP contribution in [0.15, 0.2) is 59.5 Å². The van der Waals surface area contributed by atoms with Crippen molar-refractivity contribution in [2.75, 3.05) is 0 Å². The molecule has 0 N–H and O–H groups in total. The van der Waals surface area contributed by atoms with Gasteiger partial charge in [-0.15, -0.1) is 0 Å². The summed E-state index contributed by atoms with van der Waals surface area (Å²) in [7, 11) is 0. The maximum Gasteiger partial charge on any atom is 0.256 e. The van der Waals surface area contributed by atoms with E-state index in [9.17, 15) is 4.79 Å². The first-order valence-corrected chi connectivity index (χ1v) is 7.14. The molecule has 1 saturated carbocycles. The molecule has 2 heterocycles. The highest BCUT2D eigenvalue weighted by Crippen LogP contribution is 2.48. The number of rotatable bonds is 2. The van der Waals surface area contributed by atoms with Gasteiger partial charge in [-0.1, -0.05) is 24.3 Å². The van der Waals surface area contributed by atoms with Crippen LogP contribution in [-0.2, 0) is 0 Å². The summed E-state index contributed by atoms with van der Waals surface area (Å²) in [6, 6.07) is 11.3. The van der Waals surface area contributed by atoms with Crippen LogP contribution in [0.2, 0.25) is 0 Å². The molecule has 1 fully saturated rings. The minimum absolute atomic E-state index is 0.00736. The number of pyridine rings is 2. The van der Waals surface area contributed by atoms with Crippen LogP contribution in [0.3, 0.4) is 0 Å². The Morgan fingerprint density at radius 2 is 2.00 bits per heavy atom. The van der Waals surface area contributed by atoms with Crippen LogP contribution >= 0.6 is 0 Å². The Balaban J connectivity index is 1.87. The van der Waals surface area contributed by atoms with E-state index in [2.05, 4.69) is 23.2 Å². The van der Waals surface area contributed by atoms with Gasteiger partial charge >= 0.3 is 0 Å². The fourth-order valence-corrected chi connectivity index (χ4v) is 3.65. The van der Waals surface area contributed by atoms with Gasteiger partial charge in [0.25, 0.3) is 5.56 Å². The van der Waals surface area contributed by atoms with Gasteiger partial charge in [0.15, 0.2) is 0 Å². The van der Waals surface area contributed by atoms with E-state index in [0.717, 1.165) is 17.9 Å². The van der Waals surface area contributed by atoms with Gasteiger partial charge in [-0.25, -0.2) is 4.98 Å². The third kappa shape index (κ3) is 1.73. The molecule has 2 aliphatic rings. The quantitative estimate of drug-likeness (QED) is 0.782. The second kappa shape index (κ2) is 4.44. The minimum atomic E-state index is 0.00736. The number of hydrogen-bond donors (Lipinski definition) is 0. The van der Waals surface area contributed by atoms with Gasteiger partial charge in [0.2, 0.25) is 0 Å². The molecule has 0 amide bonds. The largest absolute Gasteiger partial charge is 0.269 e. The molecule has 0 aliphatic heterocycles. The first-order valence-electron chi connectivity index (χ1n) is 7.14. The van der Waals surface area contributed by atoms with E-state index in [-0.39, 0.29) is 5.56 Å². The first-order chi connectivity index (χ1) is 9.83. The van der Waals surface area contributed by atoms with Gasteiger partial charge in [0, 0.05) is 23.9 Å². The normalized spacial score (nSPS) is 27.1. The zero-order chi connectivity index (χ0) is 13.5. The van der Waals surface area contributed by atoms with Gasteiger partial charge in [0.05, 0.1) is 0 Å². The van der Waals surface area contributed by atoms with Crippen molar-refractivity contribution < 1.29 is 0 Å². The molecule has 20 heavy (non-hydrogen) atoms. The summed E-state index contributed by atoms with van der Waals surface area (Å²) in [4.78, 5) is 16.7. The average molecular weight is 264 g/mol. The van der Waals surface area contributed by atoms with Crippen molar-refractivity contribution in [1.29, 1.82) is 0 Å². The molecular weight excluding hydrogens is 248 g/mol. The molecule has 4 rings (SSSR count). The van der Waals surface area contributed by atoms with Crippen LogP contribution < -0.4 is 5.56 Å². The Morgan fingerprint density at radius 3 is 2.70 bits per heavy atom. The van der Waals surface area contributed by atoms with E-state index in [1.165, 1.54) is 6.42 Å².